The van der Waals surface area contributed by atoms with Gasteiger partial charge < -0.3 is 5.32 Å². The van der Waals surface area contributed by atoms with Crippen molar-refractivity contribution in [3.05, 3.63) is 110 Å². The van der Waals surface area contributed by atoms with Gasteiger partial charge in [0.1, 0.15) is 0 Å². The topological polar surface area (TPSA) is 103 Å². The first kappa shape index (κ1) is 23.5. The highest BCUT2D eigenvalue weighted by molar-refractivity contribution is 7.98. The predicted octanol–water partition coefficient (Wildman–Crippen LogP) is 5.36. The van der Waals surface area contributed by atoms with Crippen molar-refractivity contribution >= 4 is 35.0 Å². The van der Waals surface area contributed by atoms with Crippen LogP contribution in [-0.4, -0.2) is 25.6 Å². The van der Waals surface area contributed by atoms with Crippen molar-refractivity contribution in [3.63, 3.8) is 0 Å². The van der Waals surface area contributed by atoms with Gasteiger partial charge in [0.15, 0.2) is 11.0 Å². The number of nitrogens with zero attached hydrogens (tertiary/aromatic N) is 4. The van der Waals surface area contributed by atoms with Gasteiger partial charge in [-0.25, -0.2) is 0 Å². The molecule has 172 valence electrons. The maximum absolute atomic E-state index is 12.6. The second-order valence-electron chi connectivity index (χ2n) is 7.39. The summed E-state index contributed by atoms with van der Waals surface area (Å²) in [5, 5.41) is 23.5. The number of aryl methyl sites for hydroxylation is 1. The second-order valence-corrected chi connectivity index (χ2v) is 8.74. The van der Waals surface area contributed by atoms with Crippen molar-refractivity contribution in [1.82, 2.24) is 20.1 Å². The molecule has 1 amide bonds. The van der Waals surface area contributed by atoms with Crippen molar-refractivity contribution in [2.24, 2.45) is 0 Å². The number of nitro groups is 1. The summed E-state index contributed by atoms with van der Waals surface area (Å²) in [6.07, 6.45) is 0. The highest BCUT2D eigenvalue weighted by Crippen LogP contribution is 2.27. The van der Waals surface area contributed by atoms with Crippen molar-refractivity contribution in [1.29, 1.82) is 0 Å². The van der Waals surface area contributed by atoms with Crippen LogP contribution in [0.3, 0.4) is 0 Å². The average molecular weight is 494 g/mol. The van der Waals surface area contributed by atoms with Gasteiger partial charge in [-0.2, -0.15) is 0 Å². The Hall–Kier alpha value is -3.69. The number of nitrogens with one attached hydrogen (secondary N) is 1. The molecule has 0 unspecified atom stereocenters. The zero-order valence-corrected chi connectivity index (χ0v) is 19.7. The van der Waals surface area contributed by atoms with Crippen LogP contribution >= 0.6 is 23.4 Å². The molecule has 0 bridgehead atoms. The van der Waals surface area contributed by atoms with Gasteiger partial charge in [-0.05, 0) is 42.3 Å². The van der Waals surface area contributed by atoms with E-state index in [4.69, 9.17) is 11.6 Å². The van der Waals surface area contributed by atoms with Gasteiger partial charge in [0.05, 0.1) is 22.1 Å². The molecule has 0 aliphatic rings. The van der Waals surface area contributed by atoms with Crippen LogP contribution < -0.4 is 5.32 Å². The molecule has 1 heterocycles. The number of rotatable bonds is 8. The van der Waals surface area contributed by atoms with Gasteiger partial charge in [0.2, 0.25) is 0 Å². The summed E-state index contributed by atoms with van der Waals surface area (Å²) in [6.45, 7) is 2.14. The monoisotopic (exact) mass is 493 g/mol. The lowest BCUT2D eigenvalue weighted by Gasteiger charge is -2.12. The normalized spacial score (nSPS) is 10.8. The third kappa shape index (κ3) is 5.27. The molecule has 0 aliphatic carbocycles. The third-order valence-corrected chi connectivity index (χ3v) is 6.47. The molecule has 0 atom stereocenters. The van der Waals surface area contributed by atoms with E-state index in [0.29, 0.717) is 33.0 Å². The Morgan fingerprint density at radius 2 is 1.76 bits per heavy atom. The first-order valence-electron chi connectivity index (χ1n) is 10.3. The van der Waals surface area contributed by atoms with E-state index >= 15 is 0 Å². The molecule has 4 rings (SSSR count). The Bertz CT molecular complexity index is 1340. The molecule has 0 aliphatic heterocycles. The SMILES string of the molecule is Cc1ccccc1CSc1nnc(CNC(=O)c2ccccc2Cl)n1-c1ccc([N+](=O)[O-])cc1. The predicted molar refractivity (Wildman–Crippen MR) is 131 cm³/mol. The zero-order chi connectivity index (χ0) is 24.1. The standard InChI is InChI=1S/C24H20ClN5O3S/c1-16-6-2-3-7-17(16)15-34-24-28-27-22(14-26-23(31)20-8-4-5-9-21(20)25)29(24)18-10-12-19(13-11-18)30(32)33/h2-13H,14-15H2,1H3,(H,26,31). The first-order chi connectivity index (χ1) is 16.4. The minimum atomic E-state index is -0.450. The van der Waals surface area contributed by atoms with Gasteiger partial charge in [-0.3, -0.25) is 19.5 Å². The van der Waals surface area contributed by atoms with E-state index in [1.54, 1.807) is 41.0 Å². The van der Waals surface area contributed by atoms with Crippen LogP contribution in [0.2, 0.25) is 5.02 Å². The van der Waals surface area contributed by atoms with Gasteiger partial charge in [0, 0.05) is 23.6 Å². The molecular formula is C24H20ClN5O3S. The molecular weight excluding hydrogens is 474 g/mol. The number of benzene rings is 3. The third-order valence-electron chi connectivity index (χ3n) is 5.16. The summed E-state index contributed by atoms with van der Waals surface area (Å²) in [5.41, 5.74) is 3.34. The quantitative estimate of drug-likeness (QED) is 0.201. The lowest BCUT2D eigenvalue weighted by Crippen LogP contribution is -2.25. The number of amides is 1. The minimum Gasteiger partial charge on any atom is -0.345 e. The fourth-order valence-electron chi connectivity index (χ4n) is 3.31. The molecule has 10 heteroatoms. The number of thioether (sulfide) groups is 1. The second kappa shape index (κ2) is 10.5. The Morgan fingerprint density at radius 1 is 1.06 bits per heavy atom. The number of nitro benzene ring substituents is 1. The highest BCUT2D eigenvalue weighted by atomic mass is 35.5. The summed E-state index contributed by atoms with van der Waals surface area (Å²) < 4.78 is 1.79. The summed E-state index contributed by atoms with van der Waals surface area (Å²) in [6, 6.07) is 21.0. The molecule has 8 nitrogen and oxygen atoms in total. The Labute approximate surface area is 205 Å². The largest absolute Gasteiger partial charge is 0.345 e. The molecule has 1 aromatic heterocycles. The molecule has 3 aromatic carbocycles. The van der Waals surface area contributed by atoms with Gasteiger partial charge in [-0.15, -0.1) is 10.2 Å². The molecule has 34 heavy (non-hydrogen) atoms. The van der Waals surface area contributed by atoms with E-state index in [0.717, 1.165) is 0 Å². The summed E-state index contributed by atoms with van der Waals surface area (Å²) in [5.74, 6) is 0.823. The fourth-order valence-corrected chi connectivity index (χ4v) is 4.57. The Morgan fingerprint density at radius 3 is 2.47 bits per heavy atom. The number of hydrogen-bond donors (Lipinski definition) is 1. The number of halogens is 1. The van der Waals surface area contributed by atoms with Crippen molar-refractivity contribution in [2.45, 2.75) is 24.4 Å². The Balaban J connectivity index is 1.61. The summed E-state index contributed by atoms with van der Waals surface area (Å²) >= 11 is 7.63. The van der Waals surface area contributed by atoms with Crippen molar-refractivity contribution in [3.8, 4) is 5.69 Å². The number of carbonyl (C=O) groups excluding carboxylic acids is 1. The average Bonchev–Trinajstić information content (AvgIpc) is 3.25. The molecule has 0 saturated carbocycles. The van der Waals surface area contributed by atoms with Gasteiger partial charge >= 0.3 is 0 Å². The van der Waals surface area contributed by atoms with Crippen LogP contribution in [-0.2, 0) is 12.3 Å². The lowest BCUT2D eigenvalue weighted by atomic mass is 10.1. The van der Waals surface area contributed by atoms with Crippen LogP contribution in [0.25, 0.3) is 5.69 Å². The Kier molecular flexibility index (Phi) is 7.24. The lowest BCUT2D eigenvalue weighted by molar-refractivity contribution is -0.384. The maximum atomic E-state index is 12.6. The molecule has 4 aromatic rings. The highest BCUT2D eigenvalue weighted by Gasteiger charge is 2.18. The molecule has 0 saturated heterocycles. The zero-order valence-electron chi connectivity index (χ0n) is 18.1. The number of non-ortho nitro benzene ring substituents is 1. The molecule has 0 spiro atoms. The van der Waals surface area contributed by atoms with E-state index in [1.165, 1.54) is 35.0 Å². The number of carbonyl (C=O) groups is 1. The van der Waals surface area contributed by atoms with Crippen LogP contribution in [0.4, 0.5) is 5.69 Å². The van der Waals surface area contributed by atoms with Gasteiger partial charge in [0.25, 0.3) is 11.6 Å². The van der Waals surface area contributed by atoms with Crippen molar-refractivity contribution in [2.75, 3.05) is 0 Å². The molecule has 1 N–H and O–H groups in total. The van der Waals surface area contributed by atoms with Crippen LogP contribution in [0.5, 0.6) is 0 Å². The van der Waals surface area contributed by atoms with Crippen LogP contribution in [0.1, 0.15) is 27.3 Å². The summed E-state index contributed by atoms with van der Waals surface area (Å²) in [4.78, 5) is 23.3. The smallest absolute Gasteiger partial charge is 0.269 e. The van der Waals surface area contributed by atoms with E-state index < -0.39 is 4.92 Å². The van der Waals surface area contributed by atoms with Crippen LogP contribution in [0.15, 0.2) is 78.0 Å². The van der Waals surface area contributed by atoms with E-state index in [2.05, 4.69) is 21.6 Å². The number of aromatic nitrogens is 3. The van der Waals surface area contributed by atoms with E-state index in [-0.39, 0.29) is 18.1 Å². The van der Waals surface area contributed by atoms with Gasteiger partial charge in [-0.1, -0.05) is 59.8 Å². The van der Waals surface area contributed by atoms with E-state index in [1.807, 2.05) is 25.1 Å². The maximum Gasteiger partial charge on any atom is 0.269 e. The summed E-state index contributed by atoms with van der Waals surface area (Å²) in [7, 11) is 0. The minimum absolute atomic E-state index is 0.0143. The molecule has 0 fully saturated rings. The van der Waals surface area contributed by atoms with Crippen molar-refractivity contribution < 1.29 is 9.72 Å². The fraction of sp³-hybridized carbons (Fsp3) is 0.125. The van der Waals surface area contributed by atoms with Crippen LogP contribution in [0, 0.1) is 17.0 Å². The number of hydrogen-bond acceptors (Lipinski definition) is 6. The molecule has 0 radical (unpaired) electrons. The van der Waals surface area contributed by atoms with E-state index in [9.17, 15) is 14.9 Å². The first-order valence-corrected chi connectivity index (χ1v) is 11.7.